The van der Waals surface area contributed by atoms with Crippen molar-refractivity contribution in [3.05, 3.63) is 48.0 Å². The maximum atomic E-state index is 11.9. The first-order valence-corrected chi connectivity index (χ1v) is 9.75. The van der Waals surface area contributed by atoms with E-state index in [9.17, 15) is 25.2 Å². The Balaban J connectivity index is 1.89. The molecule has 1 saturated heterocycles. The predicted octanol–water partition coefficient (Wildman–Crippen LogP) is 0.291. The molecular weight excluding hydrogens is 406 g/mol. The Morgan fingerprint density at radius 3 is 2.61 bits per heavy atom. The second kappa shape index (κ2) is 9.21. The van der Waals surface area contributed by atoms with Gasteiger partial charge in [-0.15, -0.1) is 0 Å². The van der Waals surface area contributed by atoms with Crippen molar-refractivity contribution in [2.75, 3.05) is 20.8 Å². The van der Waals surface area contributed by atoms with Crippen molar-refractivity contribution >= 4 is 5.91 Å². The topological polar surface area (TPSA) is 138 Å². The minimum atomic E-state index is -1.93. The van der Waals surface area contributed by atoms with Gasteiger partial charge in [0, 0.05) is 24.2 Å². The van der Waals surface area contributed by atoms with Crippen LogP contribution in [0.15, 0.2) is 42.5 Å². The van der Waals surface area contributed by atoms with Gasteiger partial charge in [0.25, 0.3) is 5.91 Å². The van der Waals surface area contributed by atoms with Gasteiger partial charge in [-0.25, -0.2) is 0 Å². The van der Waals surface area contributed by atoms with Crippen molar-refractivity contribution in [1.82, 2.24) is 5.32 Å². The van der Waals surface area contributed by atoms with Gasteiger partial charge in [0.1, 0.15) is 29.8 Å². The van der Waals surface area contributed by atoms with Gasteiger partial charge in [0.2, 0.25) is 6.29 Å². The van der Waals surface area contributed by atoms with Gasteiger partial charge >= 0.3 is 0 Å². The van der Waals surface area contributed by atoms with Crippen LogP contribution in [0.3, 0.4) is 0 Å². The second-order valence-electron chi connectivity index (χ2n) is 7.49. The van der Waals surface area contributed by atoms with E-state index in [-0.39, 0.29) is 11.7 Å². The highest BCUT2D eigenvalue weighted by molar-refractivity contribution is 5.95. The number of amides is 1. The van der Waals surface area contributed by atoms with Gasteiger partial charge < -0.3 is 40.0 Å². The van der Waals surface area contributed by atoms with Gasteiger partial charge in [-0.1, -0.05) is 12.1 Å². The number of rotatable bonds is 6. The molecule has 9 heteroatoms. The number of aliphatic hydroxyl groups excluding tert-OH is 3. The number of carbonyl (C=O) groups is 1. The zero-order chi connectivity index (χ0) is 22.8. The molecule has 0 radical (unpaired) electrons. The van der Waals surface area contributed by atoms with Gasteiger partial charge in [-0.3, -0.25) is 4.79 Å². The Labute approximate surface area is 179 Å². The quantitative estimate of drug-likeness (QED) is 0.438. The van der Waals surface area contributed by atoms with Crippen LogP contribution in [-0.2, 0) is 4.74 Å². The zero-order valence-corrected chi connectivity index (χ0v) is 17.5. The molecule has 1 amide bonds. The van der Waals surface area contributed by atoms with Crippen molar-refractivity contribution in [1.29, 1.82) is 0 Å². The van der Waals surface area contributed by atoms with Crippen LogP contribution in [0.1, 0.15) is 17.3 Å². The van der Waals surface area contributed by atoms with Crippen LogP contribution >= 0.6 is 0 Å². The van der Waals surface area contributed by atoms with Gasteiger partial charge in [0.15, 0.2) is 5.60 Å². The number of carbonyl (C=O) groups excluding carboxylic acids is 1. The highest BCUT2D eigenvalue weighted by Crippen LogP contribution is 2.36. The third-order valence-electron chi connectivity index (χ3n) is 5.34. The fourth-order valence-corrected chi connectivity index (χ4v) is 3.44. The first kappa shape index (κ1) is 23.0. The van der Waals surface area contributed by atoms with Gasteiger partial charge in [0.05, 0.1) is 13.7 Å². The molecule has 3 rings (SSSR count). The highest BCUT2D eigenvalue weighted by atomic mass is 16.7. The van der Waals surface area contributed by atoms with Gasteiger partial charge in [-0.2, -0.15) is 0 Å². The SMILES string of the molecule is CNC(=O)c1cccc(-c2ccc(OC3OC(CO)C(O)C(O)C3(C)O)cc2OC)c1. The smallest absolute Gasteiger partial charge is 0.251 e. The lowest BCUT2D eigenvalue weighted by Crippen LogP contribution is -2.66. The van der Waals surface area contributed by atoms with Crippen molar-refractivity contribution in [3.8, 4) is 22.6 Å². The molecule has 0 aromatic heterocycles. The molecule has 1 fully saturated rings. The summed E-state index contributed by atoms with van der Waals surface area (Å²) >= 11 is 0. The molecule has 1 aliphatic rings. The van der Waals surface area contributed by atoms with Crippen molar-refractivity contribution < 1.29 is 39.4 Å². The Hall–Kier alpha value is -2.69. The van der Waals surface area contributed by atoms with Crippen molar-refractivity contribution in [3.63, 3.8) is 0 Å². The molecule has 168 valence electrons. The molecule has 5 N–H and O–H groups in total. The van der Waals surface area contributed by atoms with Gasteiger partial charge in [-0.05, 0) is 36.8 Å². The molecule has 0 aliphatic carbocycles. The van der Waals surface area contributed by atoms with Crippen molar-refractivity contribution in [2.45, 2.75) is 37.1 Å². The molecule has 31 heavy (non-hydrogen) atoms. The third kappa shape index (κ3) is 4.51. The summed E-state index contributed by atoms with van der Waals surface area (Å²) in [7, 11) is 3.04. The minimum absolute atomic E-state index is 0.211. The fraction of sp³-hybridized carbons (Fsp3) is 0.409. The molecule has 5 unspecified atom stereocenters. The van der Waals surface area contributed by atoms with E-state index in [1.807, 2.05) is 6.07 Å². The van der Waals surface area contributed by atoms with Crippen LogP contribution < -0.4 is 14.8 Å². The maximum absolute atomic E-state index is 11.9. The molecule has 9 nitrogen and oxygen atoms in total. The molecule has 0 spiro atoms. The molecule has 5 atom stereocenters. The number of methoxy groups -OCH3 is 1. The number of hydrogen-bond donors (Lipinski definition) is 5. The Kier molecular flexibility index (Phi) is 6.83. The standard InChI is InChI=1S/C22H27NO8/c1-22(28)19(26)18(25)17(11-24)31-21(22)30-14-7-8-15(16(10-14)29-3)12-5-4-6-13(9-12)20(27)23-2/h4-10,17-19,21,24-26,28H,11H2,1-3H3,(H,23,27). The van der Waals surface area contributed by atoms with Crippen LogP contribution in [0.4, 0.5) is 0 Å². The first-order chi connectivity index (χ1) is 14.7. The largest absolute Gasteiger partial charge is 0.496 e. The number of ether oxygens (including phenoxy) is 3. The summed E-state index contributed by atoms with van der Waals surface area (Å²) in [6, 6.07) is 12.0. The number of nitrogens with one attached hydrogen (secondary N) is 1. The van der Waals surface area contributed by atoms with Crippen LogP contribution in [0, 0.1) is 0 Å². The first-order valence-electron chi connectivity index (χ1n) is 9.75. The molecule has 2 aromatic rings. The van der Waals surface area contributed by atoms with E-state index >= 15 is 0 Å². The van der Waals surface area contributed by atoms with E-state index in [0.29, 0.717) is 16.9 Å². The molecular formula is C22H27NO8. The summed E-state index contributed by atoms with van der Waals surface area (Å²) in [6.45, 7) is 0.715. The molecule has 1 heterocycles. The van der Waals surface area contributed by atoms with E-state index in [1.54, 1.807) is 43.4 Å². The normalized spacial score (nSPS) is 28.1. The number of hydrogen-bond acceptors (Lipinski definition) is 8. The lowest BCUT2D eigenvalue weighted by molar-refractivity contribution is -0.314. The minimum Gasteiger partial charge on any atom is -0.496 e. The third-order valence-corrected chi connectivity index (χ3v) is 5.34. The van der Waals surface area contributed by atoms with Crippen molar-refractivity contribution in [2.24, 2.45) is 0 Å². The average molecular weight is 433 g/mol. The predicted molar refractivity (Wildman–Crippen MR) is 111 cm³/mol. The summed E-state index contributed by atoms with van der Waals surface area (Å²) < 4.78 is 16.7. The molecule has 1 aliphatic heterocycles. The van der Waals surface area contributed by atoms with Crippen LogP contribution in [-0.4, -0.2) is 77.3 Å². The van der Waals surface area contributed by atoms with E-state index in [1.165, 1.54) is 14.0 Å². The highest BCUT2D eigenvalue weighted by Gasteiger charge is 2.53. The van der Waals surface area contributed by atoms with E-state index in [4.69, 9.17) is 14.2 Å². The maximum Gasteiger partial charge on any atom is 0.251 e. The summed E-state index contributed by atoms with van der Waals surface area (Å²) in [6.07, 6.45) is -5.52. The fourth-order valence-electron chi connectivity index (χ4n) is 3.44. The Bertz CT molecular complexity index is 931. The summed E-state index contributed by atoms with van der Waals surface area (Å²) in [4.78, 5) is 11.9. The summed E-state index contributed by atoms with van der Waals surface area (Å²) in [5.41, 5.74) is 0.0281. The average Bonchev–Trinajstić information content (AvgIpc) is 2.79. The molecule has 0 saturated carbocycles. The number of benzene rings is 2. The van der Waals surface area contributed by atoms with Crippen LogP contribution in [0.25, 0.3) is 11.1 Å². The molecule has 2 aromatic carbocycles. The van der Waals surface area contributed by atoms with Crippen LogP contribution in [0.2, 0.25) is 0 Å². The monoisotopic (exact) mass is 433 g/mol. The zero-order valence-electron chi connectivity index (χ0n) is 17.5. The number of aliphatic hydroxyl groups is 4. The molecule has 0 bridgehead atoms. The van der Waals surface area contributed by atoms with Crippen LogP contribution in [0.5, 0.6) is 11.5 Å². The lowest BCUT2D eigenvalue weighted by Gasteiger charge is -2.45. The van der Waals surface area contributed by atoms with E-state index in [2.05, 4.69) is 5.32 Å². The Morgan fingerprint density at radius 1 is 1.23 bits per heavy atom. The summed E-state index contributed by atoms with van der Waals surface area (Å²) in [5.74, 6) is 0.506. The van der Waals surface area contributed by atoms with E-state index < -0.39 is 36.8 Å². The lowest BCUT2D eigenvalue weighted by atomic mass is 9.88. The van der Waals surface area contributed by atoms with E-state index in [0.717, 1.165) is 5.56 Å². The summed E-state index contributed by atoms with van der Waals surface area (Å²) in [5, 5.41) is 42.8. The second-order valence-corrected chi connectivity index (χ2v) is 7.49. The Morgan fingerprint density at radius 2 is 1.97 bits per heavy atom.